The van der Waals surface area contributed by atoms with Gasteiger partial charge in [-0.15, -0.1) is 0 Å². The van der Waals surface area contributed by atoms with Crippen LogP contribution >= 0.6 is 0 Å². The summed E-state index contributed by atoms with van der Waals surface area (Å²) in [6.45, 7) is 3.30. The number of nitrogens with one attached hydrogen (secondary N) is 2. The standard InChI is InChI=1S/C15H24N2O3S/c1-12-4-3-5-15(12)16-10-11-17-21(18,19)14-8-6-13(20-2)7-9-14/h6-9,12,15-17H,3-5,10-11H2,1-2H3. The van der Waals surface area contributed by atoms with Gasteiger partial charge in [0.05, 0.1) is 12.0 Å². The van der Waals surface area contributed by atoms with Gasteiger partial charge in [-0.05, 0) is 43.0 Å². The maximum atomic E-state index is 12.1. The molecule has 0 amide bonds. The summed E-state index contributed by atoms with van der Waals surface area (Å²) in [5.74, 6) is 1.33. The van der Waals surface area contributed by atoms with Crippen LogP contribution in [0.15, 0.2) is 29.2 Å². The summed E-state index contributed by atoms with van der Waals surface area (Å²) in [5, 5.41) is 3.43. The van der Waals surface area contributed by atoms with Crippen LogP contribution in [0.2, 0.25) is 0 Å². The zero-order valence-corrected chi connectivity index (χ0v) is 13.4. The lowest BCUT2D eigenvalue weighted by Gasteiger charge is -2.17. The van der Waals surface area contributed by atoms with Gasteiger partial charge in [-0.2, -0.15) is 0 Å². The minimum absolute atomic E-state index is 0.262. The largest absolute Gasteiger partial charge is 0.497 e. The Morgan fingerprint density at radius 1 is 1.19 bits per heavy atom. The van der Waals surface area contributed by atoms with Crippen molar-refractivity contribution < 1.29 is 13.2 Å². The van der Waals surface area contributed by atoms with Gasteiger partial charge in [0, 0.05) is 19.1 Å². The number of ether oxygens (including phenoxy) is 1. The third-order valence-corrected chi connectivity index (χ3v) is 5.53. The number of hydrogen-bond donors (Lipinski definition) is 2. The summed E-state index contributed by atoms with van der Waals surface area (Å²) in [6, 6.07) is 6.91. The van der Waals surface area contributed by atoms with Gasteiger partial charge in [0.15, 0.2) is 0 Å². The van der Waals surface area contributed by atoms with Crippen LogP contribution in [-0.4, -0.2) is 34.7 Å². The quantitative estimate of drug-likeness (QED) is 0.753. The molecule has 2 rings (SSSR count). The Balaban J connectivity index is 1.80. The molecule has 0 heterocycles. The molecule has 2 atom stereocenters. The van der Waals surface area contributed by atoms with Crippen LogP contribution in [0.4, 0.5) is 0 Å². The van der Waals surface area contributed by atoms with Crippen LogP contribution in [0.5, 0.6) is 5.75 Å². The number of rotatable bonds is 7. The fraction of sp³-hybridized carbons (Fsp3) is 0.600. The van der Waals surface area contributed by atoms with Crippen molar-refractivity contribution in [1.29, 1.82) is 0 Å². The monoisotopic (exact) mass is 312 g/mol. The lowest BCUT2D eigenvalue weighted by atomic mass is 10.1. The summed E-state index contributed by atoms with van der Waals surface area (Å²) in [5.41, 5.74) is 0. The Labute approximate surface area is 127 Å². The molecule has 0 spiro atoms. The minimum atomic E-state index is -3.44. The van der Waals surface area contributed by atoms with Crippen molar-refractivity contribution >= 4 is 10.0 Å². The Morgan fingerprint density at radius 3 is 2.48 bits per heavy atom. The first-order valence-corrected chi connectivity index (χ1v) is 8.88. The first-order valence-electron chi connectivity index (χ1n) is 7.40. The fourth-order valence-electron chi connectivity index (χ4n) is 2.73. The number of hydrogen-bond acceptors (Lipinski definition) is 4. The fourth-order valence-corrected chi connectivity index (χ4v) is 3.76. The molecule has 0 aromatic heterocycles. The van der Waals surface area contributed by atoms with E-state index in [0.717, 1.165) is 0 Å². The highest BCUT2D eigenvalue weighted by atomic mass is 32.2. The molecule has 1 fully saturated rings. The number of sulfonamides is 1. The van der Waals surface area contributed by atoms with Crippen molar-refractivity contribution in [3.63, 3.8) is 0 Å². The smallest absolute Gasteiger partial charge is 0.240 e. The molecular weight excluding hydrogens is 288 g/mol. The summed E-state index contributed by atoms with van der Waals surface area (Å²) in [4.78, 5) is 0.262. The third-order valence-electron chi connectivity index (χ3n) is 4.05. The second-order valence-electron chi connectivity index (χ2n) is 5.54. The lowest BCUT2D eigenvalue weighted by molar-refractivity contribution is 0.414. The molecule has 1 aliphatic rings. The molecule has 0 bridgehead atoms. The summed E-state index contributed by atoms with van der Waals surface area (Å²) in [7, 11) is -1.89. The SMILES string of the molecule is COc1ccc(S(=O)(=O)NCCNC2CCCC2C)cc1. The topological polar surface area (TPSA) is 67.4 Å². The molecule has 1 aromatic carbocycles. The summed E-state index contributed by atoms with van der Waals surface area (Å²) < 4.78 is 31.9. The molecule has 2 N–H and O–H groups in total. The van der Waals surface area contributed by atoms with Crippen molar-refractivity contribution in [1.82, 2.24) is 10.0 Å². The third kappa shape index (κ3) is 4.43. The first-order chi connectivity index (χ1) is 10.0. The van der Waals surface area contributed by atoms with Crippen LogP contribution in [0.1, 0.15) is 26.2 Å². The number of methoxy groups -OCH3 is 1. The lowest BCUT2D eigenvalue weighted by Crippen LogP contribution is -2.38. The van der Waals surface area contributed by atoms with E-state index in [1.54, 1.807) is 31.4 Å². The molecule has 0 aliphatic heterocycles. The van der Waals surface area contributed by atoms with Crippen molar-refractivity contribution in [2.45, 2.75) is 37.1 Å². The van der Waals surface area contributed by atoms with Gasteiger partial charge in [-0.25, -0.2) is 13.1 Å². The molecule has 5 nitrogen and oxygen atoms in total. The average Bonchev–Trinajstić information content (AvgIpc) is 2.89. The molecule has 0 saturated heterocycles. The van der Waals surface area contributed by atoms with E-state index in [1.165, 1.54) is 19.3 Å². The van der Waals surface area contributed by atoms with Crippen LogP contribution < -0.4 is 14.8 Å². The highest BCUT2D eigenvalue weighted by Crippen LogP contribution is 2.24. The van der Waals surface area contributed by atoms with Gasteiger partial charge in [0.2, 0.25) is 10.0 Å². The van der Waals surface area contributed by atoms with E-state index < -0.39 is 10.0 Å². The molecule has 118 valence electrons. The van der Waals surface area contributed by atoms with Crippen molar-refractivity contribution in [2.75, 3.05) is 20.2 Å². The Hall–Kier alpha value is -1.11. The highest BCUT2D eigenvalue weighted by molar-refractivity contribution is 7.89. The molecule has 1 saturated carbocycles. The van der Waals surface area contributed by atoms with Crippen LogP contribution in [0.3, 0.4) is 0 Å². The zero-order chi connectivity index (χ0) is 15.3. The molecule has 2 unspecified atom stereocenters. The van der Waals surface area contributed by atoms with Gasteiger partial charge in [0.25, 0.3) is 0 Å². The molecular formula is C15H24N2O3S. The zero-order valence-electron chi connectivity index (χ0n) is 12.6. The van der Waals surface area contributed by atoms with Crippen molar-refractivity contribution in [3.05, 3.63) is 24.3 Å². The first kappa shape index (κ1) is 16.3. The van der Waals surface area contributed by atoms with Crippen LogP contribution in [-0.2, 0) is 10.0 Å². The molecule has 6 heteroatoms. The summed E-state index contributed by atoms with van der Waals surface area (Å²) >= 11 is 0. The molecule has 1 aliphatic carbocycles. The predicted octanol–water partition coefficient (Wildman–Crippen LogP) is 1.75. The van der Waals surface area contributed by atoms with Crippen molar-refractivity contribution in [2.24, 2.45) is 5.92 Å². The van der Waals surface area contributed by atoms with E-state index in [9.17, 15) is 8.42 Å². The maximum Gasteiger partial charge on any atom is 0.240 e. The molecule has 21 heavy (non-hydrogen) atoms. The van der Waals surface area contributed by atoms with E-state index in [2.05, 4.69) is 17.0 Å². The maximum absolute atomic E-state index is 12.1. The van der Waals surface area contributed by atoms with Crippen molar-refractivity contribution in [3.8, 4) is 5.75 Å². The normalized spacial score (nSPS) is 22.4. The van der Waals surface area contributed by atoms with E-state index in [4.69, 9.17) is 4.74 Å². The molecule has 1 aromatic rings. The number of benzene rings is 1. The Bertz CT molecular complexity index is 543. The minimum Gasteiger partial charge on any atom is -0.497 e. The van der Waals surface area contributed by atoms with Crippen LogP contribution in [0, 0.1) is 5.92 Å². The van der Waals surface area contributed by atoms with E-state index in [1.807, 2.05) is 0 Å². The van der Waals surface area contributed by atoms with Gasteiger partial charge < -0.3 is 10.1 Å². The van der Waals surface area contributed by atoms with Crippen LogP contribution in [0.25, 0.3) is 0 Å². The molecule has 0 radical (unpaired) electrons. The summed E-state index contributed by atoms with van der Waals surface area (Å²) in [6.07, 6.45) is 3.71. The highest BCUT2D eigenvalue weighted by Gasteiger charge is 2.22. The van der Waals surface area contributed by atoms with E-state index in [-0.39, 0.29) is 4.90 Å². The van der Waals surface area contributed by atoms with Gasteiger partial charge in [-0.3, -0.25) is 0 Å². The predicted molar refractivity (Wildman–Crippen MR) is 83.0 cm³/mol. The second kappa shape index (κ2) is 7.24. The Morgan fingerprint density at radius 2 is 1.90 bits per heavy atom. The van der Waals surface area contributed by atoms with E-state index >= 15 is 0 Å². The van der Waals surface area contributed by atoms with Gasteiger partial charge in [0.1, 0.15) is 5.75 Å². The van der Waals surface area contributed by atoms with E-state index in [0.29, 0.717) is 30.8 Å². The van der Waals surface area contributed by atoms with Gasteiger partial charge >= 0.3 is 0 Å². The van der Waals surface area contributed by atoms with Gasteiger partial charge in [-0.1, -0.05) is 13.3 Å². The Kier molecular flexibility index (Phi) is 5.61. The average molecular weight is 312 g/mol. The second-order valence-corrected chi connectivity index (χ2v) is 7.31.